The molecule has 0 saturated carbocycles. The van der Waals surface area contributed by atoms with E-state index in [1.165, 1.54) is 19.1 Å². The zero-order valence-electron chi connectivity index (χ0n) is 23.9. The van der Waals surface area contributed by atoms with Crippen LogP contribution < -0.4 is 4.72 Å². The van der Waals surface area contributed by atoms with Crippen molar-refractivity contribution in [2.24, 2.45) is 5.28 Å². The molecular formula is C26H27F3N6O9S. The number of nitrogens with one attached hydrogen (secondary N) is 1. The molecule has 0 bridgehead atoms. The third-order valence-electron chi connectivity index (χ3n) is 6.09. The summed E-state index contributed by atoms with van der Waals surface area (Å²) in [6.45, 7) is 4.45. The minimum Gasteiger partial charge on any atom is -0.569 e. The highest BCUT2D eigenvalue weighted by Gasteiger charge is 2.38. The Morgan fingerprint density at radius 1 is 1.16 bits per heavy atom. The van der Waals surface area contributed by atoms with Crippen LogP contribution in [0.4, 0.5) is 22.8 Å². The van der Waals surface area contributed by atoms with E-state index in [0.717, 1.165) is 33.5 Å². The topological polar surface area (TPSA) is 177 Å². The van der Waals surface area contributed by atoms with Crippen molar-refractivity contribution in [2.75, 3.05) is 19.7 Å². The fourth-order valence-electron chi connectivity index (χ4n) is 3.86. The smallest absolute Gasteiger partial charge is 0.511 e. The van der Waals surface area contributed by atoms with Gasteiger partial charge in [-0.2, -0.15) is 18.3 Å². The molecule has 1 atom stereocenters. The van der Waals surface area contributed by atoms with Crippen LogP contribution in [0.2, 0.25) is 0 Å². The van der Waals surface area contributed by atoms with E-state index in [4.69, 9.17) is 9.57 Å². The fraction of sp³-hybridized carbons (Fsp3) is 0.346. The van der Waals surface area contributed by atoms with Crippen molar-refractivity contribution in [1.29, 1.82) is 0 Å². The van der Waals surface area contributed by atoms with Crippen LogP contribution in [-0.2, 0) is 35.2 Å². The Balaban J connectivity index is 1.35. The number of halogens is 3. The molecule has 2 heterocycles. The first-order chi connectivity index (χ1) is 21.2. The van der Waals surface area contributed by atoms with Gasteiger partial charge in [-0.1, -0.05) is 29.8 Å². The molecule has 4 rings (SSSR count). The van der Waals surface area contributed by atoms with Gasteiger partial charge in [0, 0.05) is 12.5 Å². The van der Waals surface area contributed by atoms with Gasteiger partial charge in [0.1, 0.15) is 19.2 Å². The highest BCUT2D eigenvalue weighted by molar-refractivity contribution is 7.90. The van der Waals surface area contributed by atoms with E-state index >= 15 is 0 Å². The van der Waals surface area contributed by atoms with Crippen LogP contribution in [0.25, 0.3) is 16.9 Å². The van der Waals surface area contributed by atoms with Crippen molar-refractivity contribution in [1.82, 2.24) is 19.5 Å². The van der Waals surface area contributed by atoms with Crippen LogP contribution in [0.3, 0.4) is 0 Å². The number of sulfonamides is 1. The molecule has 45 heavy (non-hydrogen) atoms. The van der Waals surface area contributed by atoms with Gasteiger partial charge in [-0.3, -0.25) is 4.84 Å². The maximum atomic E-state index is 13.5. The van der Waals surface area contributed by atoms with Crippen LogP contribution in [0.1, 0.15) is 25.1 Å². The highest BCUT2D eigenvalue weighted by Crippen LogP contribution is 2.33. The molecule has 15 nitrogen and oxygen atoms in total. The number of alkyl halides is 3. The Morgan fingerprint density at radius 2 is 1.80 bits per heavy atom. The van der Waals surface area contributed by atoms with Gasteiger partial charge in [0.25, 0.3) is 16.3 Å². The second kappa shape index (κ2) is 13.3. The van der Waals surface area contributed by atoms with Crippen molar-refractivity contribution in [2.45, 2.75) is 44.2 Å². The quantitative estimate of drug-likeness (QED) is 0.108. The lowest BCUT2D eigenvalue weighted by Gasteiger charge is -2.33. The molecule has 1 aliphatic rings. The molecular weight excluding hydrogens is 629 g/mol. The minimum atomic E-state index is -4.72. The monoisotopic (exact) mass is 656 g/mol. The molecule has 0 aliphatic carbocycles. The molecule has 242 valence electrons. The van der Waals surface area contributed by atoms with Crippen LogP contribution in [0, 0.1) is 12.1 Å². The molecule has 0 radical (unpaired) electrons. The van der Waals surface area contributed by atoms with Crippen LogP contribution in [-0.4, -0.2) is 72.5 Å². The Morgan fingerprint density at radius 3 is 2.40 bits per heavy atom. The molecule has 1 unspecified atom stereocenters. The molecule has 0 spiro atoms. The number of aromatic nitrogens is 2. The summed E-state index contributed by atoms with van der Waals surface area (Å²) in [5, 5.41) is 19.9. The van der Waals surface area contributed by atoms with Crippen molar-refractivity contribution in [3.63, 3.8) is 0 Å². The lowest BCUT2D eigenvalue weighted by molar-refractivity contribution is -0.728. The number of hydrazine groups is 1. The summed E-state index contributed by atoms with van der Waals surface area (Å²) in [4.78, 5) is 27.8. The largest absolute Gasteiger partial charge is 0.569 e. The molecule has 19 heteroatoms. The third-order valence-corrected chi connectivity index (χ3v) is 7.42. The summed E-state index contributed by atoms with van der Waals surface area (Å²) >= 11 is 0. The number of hydrogen-bond donors (Lipinski definition) is 1. The number of amides is 1. The normalized spacial score (nSPS) is 14.7. The average Bonchev–Trinajstić information content (AvgIpc) is 3.40. The van der Waals surface area contributed by atoms with Gasteiger partial charge in [0.15, 0.2) is 5.69 Å². The van der Waals surface area contributed by atoms with E-state index < -0.39 is 46.5 Å². The molecule has 1 fully saturated rings. The van der Waals surface area contributed by atoms with Gasteiger partial charge in [-0.25, -0.2) is 27.4 Å². The number of carbonyl (C=O) groups is 2. The summed E-state index contributed by atoms with van der Waals surface area (Å²) in [6.07, 6.45) is -9.16. The predicted molar refractivity (Wildman–Crippen MR) is 146 cm³/mol. The molecule has 1 aromatic heterocycles. The van der Waals surface area contributed by atoms with Gasteiger partial charge in [-0.15, -0.1) is 5.01 Å². The van der Waals surface area contributed by atoms with E-state index in [-0.39, 0.29) is 40.9 Å². The number of aryl methyl sites for hydroxylation is 1. The summed E-state index contributed by atoms with van der Waals surface area (Å²) in [5.74, 6) is 0. The van der Waals surface area contributed by atoms with Gasteiger partial charge in [0.2, 0.25) is 5.28 Å². The standard InChI is InChI=1S/C26H27F3N6O9S/c1-4-41-25(37)42-17(3)44-32-35(38)33-14-20(15-33)43-24(36)31-45(39,40)21-11-9-19(10-12-21)34-22(13-23(30-34)26(27,28)29)18-7-5-16(2)6-8-18/h5-13,17,20H,4,14-15H2,1-3H3,(H,31,36). The first-order valence-electron chi connectivity index (χ1n) is 13.2. The summed E-state index contributed by atoms with van der Waals surface area (Å²) in [5.41, 5.74) is 0.490. The molecule has 3 aromatic rings. The van der Waals surface area contributed by atoms with Crippen molar-refractivity contribution in [3.05, 3.63) is 71.1 Å². The first-order valence-corrected chi connectivity index (χ1v) is 14.6. The second-order valence-electron chi connectivity index (χ2n) is 9.50. The van der Waals surface area contributed by atoms with Gasteiger partial charge < -0.3 is 19.4 Å². The van der Waals surface area contributed by atoms with E-state index in [9.17, 15) is 36.4 Å². The molecule has 1 aliphatic heterocycles. The number of nitrogens with zero attached hydrogens (tertiary/aromatic N) is 5. The Hall–Kier alpha value is -5.07. The van der Waals surface area contributed by atoms with Crippen molar-refractivity contribution >= 4 is 22.3 Å². The Kier molecular flexibility index (Phi) is 9.69. The number of rotatable bonds is 10. The SMILES string of the molecule is CCOC(=O)OC(C)ON=[N+]([O-])N1CC(OC(=O)NS(=O)(=O)c2ccc(-n3nc(C(F)(F)F)cc3-c3ccc(C)cc3)cc2)C1. The van der Waals surface area contributed by atoms with Crippen molar-refractivity contribution < 1.29 is 55.2 Å². The third kappa shape index (κ3) is 8.31. The highest BCUT2D eigenvalue weighted by atomic mass is 32.2. The van der Waals surface area contributed by atoms with Crippen LogP contribution >= 0.6 is 0 Å². The summed E-state index contributed by atoms with van der Waals surface area (Å²) in [7, 11) is -4.45. The molecule has 1 amide bonds. The molecule has 1 N–H and O–H groups in total. The van der Waals surface area contributed by atoms with Gasteiger partial charge in [-0.05, 0) is 44.2 Å². The van der Waals surface area contributed by atoms with E-state index in [0.29, 0.717) is 5.56 Å². The lowest BCUT2D eigenvalue weighted by Crippen LogP contribution is -2.56. The van der Waals surface area contributed by atoms with E-state index in [1.54, 1.807) is 35.9 Å². The molecule has 2 aromatic carbocycles. The number of hydrogen-bond acceptors (Lipinski definition) is 11. The summed E-state index contributed by atoms with van der Waals surface area (Å²) in [6, 6.07) is 12.3. The van der Waals surface area contributed by atoms with Crippen molar-refractivity contribution in [3.8, 4) is 16.9 Å². The van der Waals surface area contributed by atoms with Gasteiger partial charge >= 0.3 is 18.4 Å². The zero-order valence-corrected chi connectivity index (χ0v) is 24.7. The second-order valence-corrected chi connectivity index (χ2v) is 11.2. The van der Waals surface area contributed by atoms with Crippen LogP contribution in [0.15, 0.2) is 64.8 Å². The first kappa shape index (κ1) is 32.8. The average molecular weight is 657 g/mol. The predicted octanol–water partition coefficient (Wildman–Crippen LogP) is 4.29. The fourth-order valence-corrected chi connectivity index (χ4v) is 4.73. The number of ether oxygens (including phenoxy) is 3. The Bertz CT molecular complexity index is 1660. The lowest BCUT2D eigenvalue weighted by atomic mass is 10.1. The van der Waals surface area contributed by atoms with E-state index in [2.05, 4.69) is 19.8 Å². The number of carbonyl (C=O) groups excluding carboxylic acids is 2. The maximum absolute atomic E-state index is 13.5. The Labute approximate surface area is 254 Å². The van der Waals surface area contributed by atoms with E-state index in [1.807, 2.05) is 6.92 Å². The van der Waals surface area contributed by atoms with Gasteiger partial charge in [0.05, 0.1) is 27.9 Å². The van der Waals surface area contributed by atoms with Crippen LogP contribution in [0.5, 0.6) is 0 Å². The minimum absolute atomic E-state index is 0.0303. The number of benzene rings is 2. The molecule has 1 saturated heterocycles. The maximum Gasteiger partial charge on any atom is 0.511 e. The summed E-state index contributed by atoms with van der Waals surface area (Å²) < 4.78 is 82.9. The zero-order chi connectivity index (χ0) is 32.9.